The first-order chi connectivity index (χ1) is 7.13. The van der Waals surface area contributed by atoms with Crippen molar-refractivity contribution >= 4 is 0 Å². The van der Waals surface area contributed by atoms with Crippen molar-refractivity contribution in [2.45, 2.75) is 20.4 Å². The molecule has 1 rings (SSSR count). The molecule has 0 bridgehead atoms. The third-order valence-electron chi connectivity index (χ3n) is 2.32. The van der Waals surface area contributed by atoms with Gasteiger partial charge in [0.25, 0.3) is 0 Å². The van der Waals surface area contributed by atoms with Gasteiger partial charge in [0.15, 0.2) is 0 Å². The zero-order valence-electron chi connectivity index (χ0n) is 9.26. The molecule has 0 heterocycles. The Hall–Kier alpha value is -0.930. The minimum Gasteiger partial charge on any atom is -0.396 e. The van der Waals surface area contributed by atoms with Crippen LogP contribution < -0.4 is 5.32 Å². The molecule has 3 heteroatoms. The van der Waals surface area contributed by atoms with E-state index in [1.165, 1.54) is 6.07 Å². The number of benzene rings is 1. The van der Waals surface area contributed by atoms with Crippen molar-refractivity contribution in [3.05, 3.63) is 35.1 Å². The van der Waals surface area contributed by atoms with Crippen LogP contribution >= 0.6 is 0 Å². The van der Waals surface area contributed by atoms with E-state index in [0.717, 1.165) is 5.56 Å². The molecular weight excluding hydrogens is 193 g/mol. The van der Waals surface area contributed by atoms with Gasteiger partial charge in [-0.15, -0.1) is 0 Å². The lowest BCUT2D eigenvalue weighted by atomic mass is 10.1. The van der Waals surface area contributed by atoms with E-state index in [2.05, 4.69) is 5.32 Å². The summed E-state index contributed by atoms with van der Waals surface area (Å²) in [5.41, 5.74) is 1.74. The highest BCUT2D eigenvalue weighted by atomic mass is 19.1. The van der Waals surface area contributed by atoms with Crippen molar-refractivity contribution in [1.82, 2.24) is 5.32 Å². The predicted molar refractivity (Wildman–Crippen MR) is 59.1 cm³/mol. The summed E-state index contributed by atoms with van der Waals surface area (Å²) in [6.45, 7) is 5.25. The largest absolute Gasteiger partial charge is 0.396 e. The van der Waals surface area contributed by atoms with Crippen LogP contribution in [-0.4, -0.2) is 18.3 Å². The molecule has 1 aromatic rings. The van der Waals surface area contributed by atoms with Crippen molar-refractivity contribution in [2.24, 2.45) is 5.92 Å². The summed E-state index contributed by atoms with van der Waals surface area (Å²) in [7, 11) is 0. The fraction of sp³-hybridized carbons (Fsp3) is 0.500. The predicted octanol–water partition coefficient (Wildman–Crippen LogP) is 1.85. The van der Waals surface area contributed by atoms with E-state index < -0.39 is 0 Å². The van der Waals surface area contributed by atoms with Gasteiger partial charge in [-0.3, -0.25) is 0 Å². The first kappa shape index (κ1) is 12.1. The van der Waals surface area contributed by atoms with E-state index in [0.29, 0.717) is 18.7 Å². The Balaban J connectivity index is 2.46. The third kappa shape index (κ3) is 3.98. The Kier molecular flexibility index (Phi) is 4.72. The zero-order valence-corrected chi connectivity index (χ0v) is 9.26. The molecule has 84 valence electrons. The summed E-state index contributed by atoms with van der Waals surface area (Å²) < 4.78 is 13.3. The van der Waals surface area contributed by atoms with E-state index in [9.17, 15) is 4.39 Å². The Labute approximate surface area is 90.1 Å². The van der Waals surface area contributed by atoms with Crippen molar-refractivity contribution in [2.75, 3.05) is 13.2 Å². The molecule has 0 aromatic heterocycles. The maximum Gasteiger partial charge on any atom is 0.127 e. The van der Waals surface area contributed by atoms with Crippen molar-refractivity contribution in [3.63, 3.8) is 0 Å². The Morgan fingerprint density at radius 1 is 1.47 bits per heavy atom. The molecule has 0 aliphatic rings. The van der Waals surface area contributed by atoms with Gasteiger partial charge in [0, 0.05) is 25.3 Å². The highest BCUT2D eigenvalue weighted by Gasteiger charge is 2.03. The maximum atomic E-state index is 13.3. The number of aliphatic hydroxyl groups excluding tert-OH is 1. The maximum absolute atomic E-state index is 13.3. The monoisotopic (exact) mass is 211 g/mol. The minimum atomic E-state index is -0.176. The Bertz CT molecular complexity index is 314. The van der Waals surface area contributed by atoms with Crippen LogP contribution in [0.5, 0.6) is 0 Å². The Morgan fingerprint density at radius 2 is 2.20 bits per heavy atom. The fourth-order valence-electron chi connectivity index (χ4n) is 1.36. The summed E-state index contributed by atoms with van der Waals surface area (Å²) in [6.07, 6.45) is 0. The number of rotatable bonds is 5. The molecule has 0 radical (unpaired) electrons. The van der Waals surface area contributed by atoms with Crippen molar-refractivity contribution in [1.29, 1.82) is 0 Å². The average Bonchev–Trinajstić information content (AvgIpc) is 2.23. The Morgan fingerprint density at radius 3 is 2.87 bits per heavy atom. The zero-order chi connectivity index (χ0) is 11.3. The highest BCUT2D eigenvalue weighted by Crippen LogP contribution is 2.09. The highest BCUT2D eigenvalue weighted by molar-refractivity contribution is 5.23. The average molecular weight is 211 g/mol. The molecule has 1 aromatic carbocycles. The topological polar surface area (TPSA) is 32.3 Å². The fourth-order valence-corrected chi connectivity index (χ4v) is 1.36. The van der Waals surface area contributed by atoms with Crippen LogP contribution in [0.25, 0.3) is 0 Å². The lowest BCUT2D eigenvalue weighted by Crippen LogP contribution is -2.23. The molecule has 1 atom stereocenters. The molecule has 0 spiro atoms. The molecule has 0 amide bonds. The van der Waals surface area contributed by atoms with Crippen LogP contribution in [0.1, 0.15) is 18.1 Å². The lowest BCUT2D eigenvalue weighted by molar-refractivity contribution is 0.233. The van der Waals surface area contributed by atoms with Gasteiger partial charge in [0.1, 0.15) is 5.82 Å². The van der Waals surface area contributed by atoms with Gasteiger partial charge >= 0.3 is 0 Å². The van der Waals surface area contributed by atoms with Crippen LogP contribution in [0, 0.1) is 18.7 Å². The second-order valence-corrected chi connectivity index (χ2v) is 4.01. The normalized spacial score (nSPS) is 12.8. The van der Waals surface area contributed by atoms with E-state index in [-0.39, 0.29) is 18.3 Å². The van der Waals surface area contributed by atoms with E-state index in [1.807, 2.05) is 19.9 Å². The summed E-state index contributed by atoms with van der Waals surface area (Å²) in [5, 5.41) is 11.9. The first-order valence-corrected chi connectivity index (χ1v) is 5.20. The number of aliphatic hydroxyl groups is 1. The molecule has 15 heavy (non-hydrogen) atoms. The first-order valence-electron chi connectivity index (χ1n) is 5.20. The van der Waals surface area contributed by atoms with Gasteiger partial charge in [0.05, 0.1) is 0 Å². The number of aryl methyl sites for hydroxylation is 1. The van der Waals surface area contributed by atoms with Crippen LogP contribution in [-0.2, 0) is 6.54 Å². The molecule has 0 saturated heterocycles. The molecule has 0 aliphatic carbocycles. The second kappa shape index (κ2) is 5.83. The van der Waals surface area contributed by atoms with Gasteiger partial charge in [-0.2, -0.15) is 0 Å². The van der Waals surface area contributed by atoms with Crippen LogP contribution in [0.4, 0.5) is 4.39 Å². The van der Waals surface area contributed by atoms with Gasteiger partial charge in [-0.1, -0.05) is 24.6 Å². The molecule has 0 fully saturated rings. The molecule has 1 unspecified atom stereocenters. The van der Waals surface area contributed by atoms with E-state index in [4.69, 9.17) is 5.11 Å². The quantitative estimate of drug-likeness (QED) is 0.779. The summed E-state index contributed by atoms with van der Waals surface area (Å²) in [4.78, 5) is 0. The van der Waals surface area contributed by atoms with Gasteiger partial charge < -0.3 is 10.4 Å². The summed E-state index contributed by atoms with van der Waals surface area (Å²) in [6, 6.07) is 5.09. The van der Waals surface area contributed by atoms with Gasteiger partial charge in [-0.25, -0.2) is 4.39 Å². The number of nitrogens with one attached hydrogen (secondary N) is 1. The minimum absolute atomic E-state index is 0.156. The lowest BCUT2D eigenvalue weighted by Gasteiger charge is -2.10. The molecule has 2 N–H and O–H groups in total. The molecule has 2 nitrogen and oxygen atoms in total. The second-order valence-electron chi connectivity index (χ2n) is 4.01. The van der Waals surface area contributed by atoms with Crippen molar-refractivity contribution in [3.8, 4) is 0 Å². The van der Waals surface area contributed by atoms with Crippen LogP contribution in [0.15, 0.2) is 18.2 Å². The van der Waals surface area contributed by atoms with Crippen LogP contribution in [0.3, 0.4) is 0 Å². The van der Waals surface area contributed by atoms with Crippen molar-refractivity contribution < 1.29 is 9.50 Å². The molecular formula is C12H18FNO. The smallest absolute Gasteiger partial charge is 0.127 e. The van der Waals surface area contributed by atoms with E-state index >= 15 is 0 Å². The summed E-state index contributed by atoms with van der Waals surface area (Å²) >= 11 is 0. The summed E-state index contributed by atoms with van der Waals surface area (Å²) in [5.74, 6) is 0.0302. The van der Waals surface area contributed by atoms with Crippen LogP contribution in [0.2, 0.25) is 0 Å². The standard InChI is InChI=1S/C12H18FNO/c1-9-3-4-12(13)11(5-9)7-14-6-10(2)8-15/h3-5,10,14-15H,6-8H2,1-2H3. The number of hydrogen-bond donors (Lipinski definition) is 2. The molecule has 0 saturated carbocycles. The number of halogens is 1. The number of hydrogen-bond acceptors (Lipinski definition) is 2. The SMILES string of the molecule is Cc1ccc(F)c(CNCC(C)CO)c1. The molecule has 0 aliphatic heterocycles. The van der Waals surface area contributed by atoms with Gasteiger partial charge in [-0.05, 0) is 18.9 Å². The van der Waals surface area contributed by atoms with Gasteiger partial charge in [0.2, 0.25) is 0 Å². The van der Waals surface area contributed by atoms with E-state index in [1.54, 1.807) is 6.07 Å². The third-order valence-corrected chi connectivity index (χ3v) is 2.32.